The van der Waals surface area contributed by atoms with Gasteiger partial charge in [0.25, 0.3) is 0 Å². The van der Waals surface area contributed by atoms with Crippen LogP contribution in [0.4, 0.5) is 17.1 Å². The van der Waals surface area contributed by atoms with E-state index < -0.39 is 4.92 Å². The van der Waals surface area contributed by atoms with Crippen molar-refractivity contribution in [3.8, 4) is 0 Å². The van der Waals surface area contributed by atoms with Crippen molar-refractivity contribution in [2.24, 2.45) is 5.92 Å². The lowest BCUT2D eigenvalue weighted by atomic mass is 9.94. The number of nitro groups is 1. The number of nitrogens with zero attached hydrogens (tertiary/aromatic N) is 2. The molecule has 6 nitrogen and oxygen atoms in total. The van der Waals surface area contributed by atoms with Crippen LogP contribution in [0.1, 0.15) is 19.3 Å². The van der Waals surface area contributed by atoms with E-state index in [1.165, 1.54) is 0 Å². The van der Waals surface area contributed by atoms with Gasteiger partial charge < -0.3 is 15.7 Å². The maximum atomic E-state index is 11.2. The standard InChI is InChI=1S/C13H19N3O3/c14-11-4-1-5-12(13(11)16(18)19)15-7-2-3-10(9-15)6-8-17/h1,4-5,10,17H,2-3,6-9,14H2. The summed E-state index contributed by atoms with van der Waals surface area (Å²) in [6.45, 7) is 1.70. The Kier molecular flexibility index (Phi) is 4.21. The van der Waals surface area contributed by atoms with Gasteiger partial charge in [-0.15, -0.1) is 0 Å². The molecule has 1 aromatic rings. The number of nitrogen functional groups attached to an aromatic ring is 1. The van der Waals surface area contributed by atoms with Crippen LogP contribution in [0, 0.1) is 16.0 Å². The van der Waals surface area contributed by atoms with E-state index in [0.29, 0.717) is 11.6 Å². The van der Waals surface area contributed by atoms with Gasteiger partial charge in [0.15, 0.2) is 0 Å². The third kappa shape index (κ3) is 2.96. The largest absolute Gasteiger partial charge is 0.396 e. The zero-order chi connectivity index (χ0) is 13.8. The first kappa shape index (κ1) is 13.6. The fraction of sp³-hybridized carbons (Fsp3) is 0.538. The summed E-state index contributed by atoms with van der Waals surface area (Å²) >= 11 is 0. The van der Waals surface area contributed by atoms with Crippen molar-refractivity contribution in [1.82, 2.24) is 0 Å². The van der Waals surface area contributed by atoms with Gasteiger partial charge >= 0.3 is 5.69 Å². The van der Waals surface area contributed by atoms with Gasteiger partial charge in [-0.05, 0) is 37.3 Å². The number of aliphatic hydroxyl groups is 1. The van der Waals surface area contributed by atoms with Crippen LogP contribution in [0.3, 0.4) is 0 Å². The van der Waals surface area contributed by atoms with E-state index in [1.807, 2.05) is 4.90 Å². The maximum Gasteiger partial charge on any atom is 0.315 e. The fourth-order valence-electron chi connectivity index (χ4n) is 2.70. The molecule has 0 aromatic heterocycles. The Hall–Kier alpha value is -1.82. The van der Waals surface area contributed by atoms with Crippen LogP contribution >= 0.6 is 0 Å². The second-order valence-electron chi connectivity index (χ2n) is 4.94. The van der Waals surface area contributed by atoms with Crippen LogP contribution < -0.4 is 10.6 Å². The summed E-state index contributed by atoms with van der Waals surface area (Å²) in [5.74, 6) is 0.389. The number of rotatable bonds is 4. The molecule has 2 rings (SSSR count). The molecule has 19 heavy (non-hydrogen) atoms. The molecule has 0 amide bonds. The van der Waals surface area contributed by atoms with Crippen LogP contribution in [0.15, 0.2) is 18.2 Å². The van der Waals surface area contributed by atoms with Crippen LogP contribution in [0.25, 0.3) is 0 Å². The van der Waals surface area contributed by atoms with Gasteiger partial charge in [-0.25, -0.2) is 0 Å². The maximum absolute atomic E-state index is 11.2. The van der Waals surface area contributed by atoms with Crippen LogP contribution in [-0.2, 0) is 0 Å². The van der Waals surface area contributed by atoms with E-state index in [0.717, 1.165) is 32.4 Å². The van der Waals surface area contributed by atoms with Crippen LogP contribution in [-0.4, -0.2) is 29.7 Å². The van der Waals surface area contributed by atoms with Crippen molar-refractivity contribution in [2.75, 3.05) is 30.3 Å². The number of benzene rings is 1. The van der Waals surface area contributed by atoms with Crippen molar-refractivity contribution in [3.05, 3.63) is 28.3 Å². The number of hydrogen-bond donors (Lipinski definition) is 2. The highest BCUT2D eigenvalue weighted by molar-refractivity contribution is 5.75. The van der Waals surface area contributed by atoms with Crippen LogP contribution in [0.2, 0.25) is 0 Å². The molecular formula is C13H19N3O3. The van der Waals surface area contributed by atoms with Crippen LogP contribution in [0.5, 0.6) is 0 Å². The highest BCUT2D eigenvalue weighted by atomic mass is 16.6. The average Bonchev–Trinajstić information content (AvgIpc) is 2.38. The Balaban J connectivity index is 2.26. The molecular weight excluding hydrogens is 246 g/mol. The molecule has 1 fully saturated rings. The first-order valence-electron chi connectivity index (χ1n) is 6.52. The monoisotopic (exact) mass is 265 g/mol. The van der Waals surface area contributed by atoms with Gasteiger partial charge in [0.1, 0.15) is 11.4 Å². The van der Waals surface area contributed by atoms with Crippen molar-refractivity contribution in [2.45, 2.75) is 19.3 Å². The predicted molar refractivity (Wildman–Crippen MR) is 74.1 cm³/mol. The number of anilines is 2. The molecule has 104 valence electrons. The van der Waals surface area contributed by atoms with Gasteiger partial charge in [0, 0.05) is 19.7 Å². The Morgan fingerprint density at radius 1 is 1.53 bits per heavy atom. The summed E-state index contributed by atoms with van der Waals surface area (Å²) in [6, 6.07) is 5.04. The van der Waals surface area contributed by atoms with E-state index in [2.05, 4.69) is 0 Å². The molecule has 0 radical (unpaired) electrons. The van der Waals surface area contributed by atoms with E-state index in [1.54, 1.807) is 18.2 Å². The number of nitrogens with two attached hydrogens (primary N) is 1. The first-order valence-corrected chi connectivity index (χ1v) is 6.52. The molecule has 1 unspecified atom stereocenters. The molecule has 0 spiro atoms. The van der Waals surface area contributed by atoms with Gasteiger partial charge in [0.2, 0.25) is 0 Å². The first-order chi connectivity index (χ1) is 9.13. The van der Waals surface area contributed by atoms with Crippen molar-refractivity contribution in [1.29, 1.82) is 0 Å². The lowest BCUT2D eigenvalue weighted by Gasteiger charge is -2.34. The second-order valence-corrected chi connectivity index (χ2v) is 4.94. The number of nitro benzene ring substituents is 1. The molecule has 1 aliphatic rings. The number of para-hydroxylation sites is 1. The topological polar surface area (TPSA) is 92.6 Å². The minimum atomic E-state index is -0.416. The normalized spacial score (nSPS) is 19.4. The summed E-state index contributed by atoms with van der Waals surface area (Å²) in [4.78, 5) is 12.7. The SMILES string of the molecule is Nc1cccc(N2CCCC(CCO)C2)c1[N+](=O)[O-]. The Morgan fingerprint density at radius 2 is 2.32 bits per heavy atom. The summed E-state index contributed by atoms with van der Waals surface area (Å²) in [6.07, 6.45) is 2.79. The molecule has 3 N–H and O–H groups in total. The molecule has 1 aromatic carbocycles. The molecule has 0 bridgehead atoms. The third-order valence-corrected chi connectivity index (χ3v) is 3.63. The highest BCUT2D eigenvalue weighted by Crippen LogP contribution is 2.36. The van der Waals surface area contributed by atoms with E-state index in [-0.39, 0.29) is 18.0 Å². The van der Waals surface area contributed by atoms with Gasteiger partial charge in [0.05, 0.1) is 4.92 Å². The quantitative estimate of drug-likeness (QED) is 0.491. The Bertz CT molecular complexity index is 462. The van der Waals surface area contributed by atoms with Crippen molar-refractivity contribution in [3.63, 3.8) is 0 Å². The van der Waals surface area contributed by atoms with Crippen molar-refractivity contribution < 1.29 is 10.0 Å². The summed E-state index contributed by atoms with van der Waals surface area (Å²) in [5.41, 5.74) is 6.50. The van der Waals surface area contributed by atoms with E-state index in [9.17, 15) is 10.1 Å². The fourth-order valence-corrected chi connectivity index (χ4v) is 2.70. The molecule has 0 aliphatic carbocycles. The minimum absolute atomic E-state index is 0.00727. The summed E-state index contributed by atoms with van der Waals surface area (Å²) in [7, 11) is 0. The molecule has 0 saturated carbocycles. The number of piperidine rings is 1. The molecule has 1 heterocycles. The molecule has 1 saturated heterocycles. The number of hydrogen-bond acceptors (Lipinski definition) is 5. The van der Waals surface area contributed by atoms with Gasteiger partial charge in [-0.2, -0.15) is 0 Å². The highest BCUT2D eigenvalue weighted by Gasteiger charge is 2.26. The second kappa shape index (κ2) is 5.88. The van der Waals surface area contributed by atoms with E-state index in [4.69, 9.17) is 10.8 Å². The Morgan fingerprint density at radius 3 is 3.00 bits per heavy atom. The lowest BCUT2D eigenvalue weighted by molar-refractivity contribution is -0.383. The van der Waals surface area contributed by atoms with Gasteiger partial charge in [-0.3, -0.25) is 10.1 Å². The minimum Gasteiger partial charge on any atom is -0.396 e. The zero-order valence-electron chi connectivity index (χ0n) is 10.8. The summed E-state index contributed by atoms with van der Waals surface area (Å²) < 4.78 is 0. The molecule has 1 aliphatic heterocycles. The Labute approximate surface area is 112 Å². The van der Waals surface area contributed by atoms with E-state index >= 15 is 0 Å². The summed E-state index contributed by atoms with van der Waals surface area (Å²) in [5, 5.41) is 20.2. The lowest BCUT2D eigenvalue weighted by Crippen LogP contribution is -2.36. The van der Waals surface area contributed by atoms with Crippen molar-refractivity contribution >= 4 is 17.1 Å². The average molecular weight is 265 g/mol. The third-order valence-electron chi connectivity index (χ3n) is 3.63. The smallest absolute Gasteiger partial charge is 0.315 e. The molecule has 6 heteroatoms. The molecule has 1 atom stereocenters. The van der Waals surface area contributed by atoms with Gasteiger partial charge in [-0.1, -0.05) is 6.07 Å². The predicted octanol–water partition coefficient (Wildman–Crippen LogP) is 1.78. The number of aliphatic hydroxyl groups excluding tert-OH is 1. The zero-order valence-corrected chi connectivity index (χ0v) is 10.8.